The number of hydrogen-bond donors (Lipinski definition) is 0. The van der Waals surface area contributed by atoms with Crippen molar-refractivity contribution in [2.45, 2.75) is 0 Å². The molecular weight excluding hydrogens is 599 g/mol. The lowest BCUT2D eigenvalue weighted by molar-refractivity contribution is 0.668. The van der Waals surface area contributed by atoms with Gasteiger partial charge in [0.15, 0.2) is 5.58 Å². The van der Waals surface area contributed by atoms with E-state index in [0.717, 1.165) is 77.6 Å². The molecule has 3 nitrogen and oxygen atoms in total. The van der Waals surface area contributed by atoms with Crippen LogP contribution < -0.4 is 4.90 Å². The molecule has 0 aliphatic carbocycles. The quantitative estimate of drug-likeness (QED) is 0.190. The second-order valence-electron chi connectivity index (χ2n) is 12.5. The molecular formula is C46H29NO2. The molecule has 0 fully saturated rings. The summed E-state index contributed by atoms with van der Waals surface area (Å²) in [5.41, 5.74) is 11.2. The van der Waals surface area contributed by atoms with Crippen molar-refractivity contribution in [1.29, 1.82) is 0 Å². The number of furan rings is 2. The van der Waals surface area contributed by atoms with Gasteiger partial charge >= 0.3 is 0 Å². The maximum atomic E-state index is 6.67. The Bertz CT molecular complexity index is 2850. The van der Waals surface area contributed by atoms with Crippen molar-refractivity contribution >= 4 is 71.7 Å². The Balaban J connectivity index is 1.23. The van der Waals surface area contributed by atoms with Crippen LogP contribution in [0.3, 0.4) is 0 Å². The molecule has 0 atom stereocenters. The van der Waals surface area contributed by atoms with Crippen LogP contribution in [0.1, 0.15) is 0 Å². The van der Waals surface area contributed by atoms with Crippen LogP contribution in [0.5, 0.6) is 0 Å². The first-order valence-electron chi connectivity index (χ1n) is 16.6. The highest BCUT2D eigenvalue weighted by molar-refractivity contribution is 6.11. The first-order chi connectivity index (χ1) is 24.3. The van der Waals surface area contributed by atoms with Crippen LogP contribution in [-0.2, 0) is 0 Å². The smallest absolute Gasteiger partial charge is 0.159 e. The van der Waals surface area contributed by atoms with E-state index in [4.69, 9.17) is 8.83 Å². The van der Waals surface area contributed by atoms with Gasteiger partial charge in [-0.2, -0.15) is 0 Å². The van der Waals surface area contributed by atoms with Crippen molar-refractivity contribution in [3.63, 3.8) is 0 Å². The number of hydrogen-bond acceptors (Lipinski definition) is 3. The standard InChI is InChI=1S/C46H29NO2/c1-2-16-34-30(12-1)13-10-20-35(34)31-14-9-15-33(28-31)47(42-23-11-21-39-37-18-4-8-25-44(37)49-46(39)42)41-22-6-3-17-36(41)32-26-27-45-40(29-32)38-19-5-7-24-43(38)48-45/h1-29H. The average molecular weight is 628 g/mol. The van der Waals surface area contributed by atoms with Gasteiger partial charge in [-0.05, 0) is 76.0 Å². The normalized spacial score (nSPS) is 11.7. The van der Waals surface area contributed by atoms with Gasteiger partial charge in [-0.1, -0.05) is 127 Å². The lowest BCUT2D eigenvalue weighted by Crippen LogP contribution is -2.11. The van der Waals surface area contributed by atoms with Crippen LogP contribution in [0.2, 0.25) is 0 Å². The van der Waals surface area contributed by atoms with Crippen molar-refractivity contribution in [2.75, 3.05) is 4.90 Å². The molecule has 10 aromatic rings. The Kier molecular flexibility index (Phi) is 6.18. The van der Waals surface area contributed by atoms with Crippen LogP contribution in [0.4, 0.5) is 17.1 Å². The monoisotopic (exact) mass is 627 g/mol. The van der Waals surface area contributed by atoms with E-state index in [0.29, 0.717) is 0 Å². The second kappa shape index (κ2) is 11.0. The number of anilines is 3. The SMILES string of the molecule is c1cc(-c2cccc3ccccc23)cc(N(c2ccccc2-c2ccc3oc4ccccc4c3c2)c2cccc3c2oc2ccccc23)c1. The Morgan fingerprint density at radius 2 is 0.939 bits per heavy atom. The largest absolute Gasteiger partial charge is 0.456 e. The van der Waals surface area contributed by atoms with Gasteiger partial charge in [-0.15, -0.1) is 0 Å². The fourth-order valence-electron chi connectivity index (χ4n) is 7.41. The lowest BCUT2D eigenvalue weighted by Gasteiger charge is -2.28. The second-order valence-corrected chi connectivity index (χ2v) is 12.5. The van der Waals surface area contributed by atoms with E-state index in [1.54, 1.807) is 0 Å². The molecule has 49 heavy (non-hydrogen) atoms. The molecule has 0 aliphatic rings. The first-order valence-corrected chi connectivity index (χ1v) is 16.6. The molecule has 0 unspecified atom stereocenters. The lowest BCUT2D eigenvalue weighted by atomic mass is 9.97. The predicted octanol–water partition coefficient (Wildman–Crippen LogP) is 13.4. The van der Waals surface area contributed by atoms with E-state index in [1.165, 1.54) is 16.3 Å². The van der Waals surface area contributed by atoms with Crippen molar-refractivity contribution < 1.29 is 8.83 Å². The van der Waals surface area contributed by atoms with Crippen molar-refractivity contribution in [3.8, 4) is 22.3 Å². The third kappa shape index (κ3) is 4.44. The molecule has 0 spiro atoms. The molecule has 230 valence electrons. The summed E-state index contributed by atoms with van der Waals surface area (Å²) < 4.78 is 12.9. The van der Waals surface area contributed by atoms with Crippen LogP contribution in [0, 0.1) is 0 Å². The van der Waals surface area contributed by atoms with Crippen molar-refractivity contribution in [1.82, 2.24) is 0 Å². The number of benzene rings is 8. The molecule has 0 radical (unpaired) electrons. The summed E-state index contributed by atoms with van der Waals surface area (Å²) in [7, 11) is 0. The van der Waals surface area contributed by atoms with Gasteiger partial charge in [0.2, 0.25) is 0 Å². The summed E-state index contributed by atoms with van der Waals surface area (Å²) in [5, 5.41) is 6.87. The molecule has 10 rings (SSSR count). The number of para-hydroxylation sites is 4. The summed E-state index contributed by atoms with van der Waals surface area (Å²) >= 11 is 0. The van der Waals surface area contributed by atoms with Crippen LogP contribution >= 0.6 is 0 Å². The summed E-state index contributed by atoms with van der Waals surface area (Å²) in [5.74, 6) is 0. The van der Waals surface area contributed by atoms with E-state index in [2.05, 4.69) is 157 Å². The summed E-state index contributed by atoms with van der Waals surface area (Å²) in [6.45, 7) is 0. The molecule has 0 bridgehead atoms. The fraction of sp³-hybridized carbons (Fsp3) is 0. The highest BCUT2D eigenvalue weighted by Gasteiger charge is 2.23. The van der Waals surface area contributed by atoms with E-state index in [9.17, 15) is 0 Å². The van der Waals surface area contributed by atoms with Gasteiger partial charge in [0.05, 0.1) is 11.4 Å². The maximum absolute atomic E-state index is 6.67. The number of rotatable bonds is 5. The third-order valence-electron chi connectivity index (χ3n) is 9.66. The predicted molar refractivity (Wildman–Crippen MR) is 204 cm³/mol. The zero-order chi connectivity index (χ0) is 32.3. The Morgan fingerprint density at radius 1 is 0.347 bits per heavy atom. The Hall–Kier alpha value is -6.58. The summed E-state index contributed by atoms with van der Waals surface area (Å²) in [6.07, 6.45) is 0. The van der Waals surface area contributed by atoms with Gasteiger partial charge in [-0.25, -0.2) is 0 Å². The molecule has 0 aliphatic heterocycles. The zero-order valence-electron chi connectivity index (χ0n) is 26.5. The van der Waals surface area contributed by atoms with E-state index in [1.807, 2.05) is 24.3 Å². The molecule has 0 saturated carbocycles. The number of fused-ring (bicyclic) bond motifs is 7. The van der Waals surface area contributed by atoms with Crippen molar-refractivity contribution in [3.05, 3.63) is 176 Å². The minimum Gasteiger partial charge on any atom is -0.456 e. The van der Waals surface area contributed by atoms with Crippen LogP contribution in [0.15, 0.2) is 185 Å². The molecule has 3 heteroatoms. The minimum atomic E-state index is 0.852. The van der Waals surface area contributed by atoms with Gasteiger partial charge in [0.25, 0.3) is 0 Å². The molecule has 0 N–H and O–H groups in total. The minimum absolute atomic E-state index is 0.852. The van der Waals surface area contributed by atoms with E-state index >= 15 is 0 Å². The van der Waals surface area contributed by atoms with Gasteiger partial charge in [0.1, 0.15) is 16.7 Å². The topological polar surface area (TPSA) is 29.5 Å². The highest BCUT2D eigenvalue weighted by atomic mass is 16.3. The van der Waals surface area contributed by atoms with E-state index in [-0.39, 0.29) is 0 Å². The molecule has 0 saturated heterocycles. The van der Waals surface area contributed by atoms with Crippen LogP contribution in [0.25, 0.3) is 76.9 Å². The van der Waals surface area contributed by atoms with Gasteiger partial charge < -0.3 is 13.7 Å². The van der Waals surface area contributed by atoms with Gasteiger partial charge in [0, 0.05) is 32.8 Å². The zero-order valence-corrected chi connectivity index (χ0v) is 26.5. The van der Waals surface area contributed by atoms with E-state index < -0.39 is 0 Å². The van der Waals surface area contributed by atoms with Crippen molar-refractivity contribution in [2.24, 2.45) is 0 Å². The molecule has 8 aromatic carbocycles. The number of nitrogens with zero attached hydrogens (tertiary/aromatic N) is 1. The Morgan fingerprint density at radius 3 is 1.84 bits per heavy atom. The Labute approximate surface area is 282 Å². The fourth-order valence-corrected chi connectivity index (χ4v) is 7.41. The average Bonchev–Trinajstić information content (AvgIpc) is 3.74. The highest BCUT2D eigenvalue weighted by Crippen LogP contribution is 2.46. The third-order valence-corrected chi connectivity index (χ3v) is 9.66. The first kappa shape index (κ1) is 27.5. The van der Waals surface area contributed by atoms with Crippen LogP contribution in [-0.4, -0.2) is 0 Å². The molecule has 0 amide bonds. The maximum Gasteiger partial charge on any atom is 0.159 e. The molecule has 2 heterocycles. The van der Waals surface area contributed by atoms with Gasteiger partial charge in [-0.3, -0.25) is 0 Å². The summed E-state index contributed by atoms with van der Waals surface area (Å²) in [6, 6.07) is 62.1. The summed E-state index contributed by atoms with van der Waals surface area (Å²) in [4.78, 5) is 2.35. The molecule has 2 aromatic heterocycles.